The number of aryl methyl sites for hydroxylation is 1. The van der Waals surface area contributed by atoms with E-state index in [4.69, 9.17) is 4.74 Å². The normalized spacial score (nSPS) is 10.6. The highest BCUT2D eigenvalue weighted by Gasteiger charge is 2.07. The molecule has 1 heterocycles. The quantitative estimate of drug-likeness (QED) is 0.663. The lowest BCUT2D eigenvalue weighted by Crippen LogP contribution is -1.92. The van der Waals surface area contributed by atoms with Crippen LogP contribution in [0, 0.1) is 0 Å². The number of aromatic nitrogens is 1. The maximum atomic E-state index is 10.8. The molecule has 0 aliphatic heterocycles. The van der Waals surface area contributed by atoms with E-state index in [9.17, 15) is 4.79 Å². The molecule has 3 nitrogen and oxygen atoms in total. The Hall–Kier alpha value is -2.55. The summed E-state index contributed by atoms with van der Waals surface area (Å²) in [5, 5.41) is 2.18. The predicted molar refractivity (Wildman–Crippen MR) is 74.8 cm³/mol. The zero-order valence-corrected chi connectivity index (χ0v) is 10.5. The first-order valence-electron chi connectivity index (χ1n) is 6.05. The molecule has 0 saturated heterocycles. The minimum Gasteiger partial charge on any atom is -0.440 e. The summed E-state index contributed by atoms with van der Waals surface area (Å²) in [6.07, 6.45) is 2.56. The van der Waals surface area contributed by atoms with Gasteiger partial charge in [0.15, 0.2) is 6.29 Å². The molecule has 3 rings (SSSR count). The zero-order valence-electron chi connectivity index (χ0n) is 10.5. The molecule has 0 fully saturated rings. The van der Waals surface area contributed by atoms with Crippen LogP contribution in [0.2, 0.25) is 0 Å². The average Bonchev–Trinajstić information content (AvgIpc) is 2.80. The first-order chi connectivity index (χ1) is 9.28. The van der Waals surface area contributed by atoms with Crippen molar-refractivity contribution in [2.45, 2.75) is 0 Å². The summed E-state index contributed by atoms with van der Waals surface area (Å²) in [5.74, 6) is 1.44. The number of fused-ring (bicyclic) bond motifs is 1. The van der Waals surface area contributed by atoms with Crippen molar-refractivity contribution in [2.75, 3.05) is 0 Å². The van der Waals surface area contributed by atoms with Gasteiger partial charge in [-0.1, -0.05) is 36.4 Å². The van der Waals surface area contributed by atoms with E-state index >= 15 is 0 Å². The number of carbonyl (C=O) groups excluding carboxylic acids is 1. The second kappa shape index (κ2) is 4.61. The van der Waals surface area contributed by atoms with E-state index in [1.54, 1.807) is 16.8 Å². The highest BCUT2D eigenvalue weighted by Crippen LogP contribution is 2.30. The predicted octanol–water partition coefficient (Wildman–Crippen LogP) is 3.78. The molecule has 0 aliphatic rings. The summed E-state index contributed by atoms with van der Waals surface area (Å²) in [6.45, 7) is 0. The number of carbonyl (C=O) groups is 1. The van der Waals surface area contributed by atoms with Gasteiger partial charge in [-0.3, -0.25) is 4.79 Å². The lowest BCUT2D eigenvalue weighted by Gasteiger charge is -2.09. The van der Waals surface area contributed by atoms with Gasteiger partial charge in [0.25, 0.3) is 0 Å². The third-order valence-electron chi connectivity index (χ3n) is 3.08. The Morgan fingerprint density at radius 1 is 1.11 bits per heavy atom. The van der Waals surface area contributed by atoms with Crippen LogP contribution in [0.5, 0.6) is 11.6 Å². The lowest BCUT2D eigenvalue weighted by atomic mass is 10.1. The molecule has 0 N–H and O–H groups in total. The molecule has 3 aromatic rings. The van der Waals surface area contributed by atoms with Crippen molar-refractivity contribution >= 4 is 17.1 Å². The number of ether oxygens (including phenoxy) is 1. The van der Waals surface area contributed by atoms with Gasteiger partial charge in [0.05, 0.1) is 0 Å². The van der Waals surface area contributed by atoms with Gasteiger partial charge in [0.2, 0.25) is 5.88 Å². The largest absolute Gasteiger partial charge is 0.440 e. The Bertz CT molecular complexity index is 738. The molecule has 0 radical (unpaired) electrons. The minimum atomic E-state index is 0.609. The van der Waals surface area contributed by atoms with Crippen molar-refractivity contribution in [2.24, 2.45) is 7.05 Å². The highest BCUT2D eigenvalue weighted by atomic mass is 16.5. The van der Waals surface area contributed by atoms with E-state index in [1.165, 1.54) is 0 Å². The number of nitrogens with zero attached hydrogens (tertiary/aromatic N) is 1. The van der Waals surface area contributed by atoms with Crippen LogP contribution >= 0.6 is 0 Å². The number of aldehydes is 1. The van der Waals surface area contributed by atoms with Crippen LogP contribution < -0.4 is 4.74 Å². The van der Waals surface area contributed by atoms with Crippen LogP contribution in [0.1, 0.15) is 10.4 Å². The standard InChI is InChI=1S/C16H13NO2/c1-17-10-12(11-18)9-16(17)19-15-8-4-6-13-5-2-3-7-14(13)15/h2-11H,1H3. The fourth-order valence-corrected chi connectivity index (χ4v) is 2.13. The fraction of sp³-hybridized carbons (Fsp3) is 0.0625. The van der Waals surface area contributed by atoms with Crippen molar-refractivity contribution in [1.82, 2.24) is 4.57 Å². The maximum absolute atomic E-state index is 10.8. The first kappa shape index (κ1) is 11.5. The zero-order chi connectivity index (χ0) is 13.2. The number of hydrogen-bond donors (Lipinski definition) is 0. The van der Waals surface area contributed by atoms with Gasteiger partial charge in [-0.25, -0.2) is 0 Å². The van der Waals surface area contributed by atoms with Crippen molar-refractivity contribution in [3.8, 4) is 11.6 Å². The third-order valence-corrected chi connectivity index (χ3v) is 3.08. The summed E-state index contributed by atoms with van der Waals surface area (Å²) >= 11 is 0. The molecule has 0 aliphatic carbocycles. The van der Waals surface area contributed by atoms with E-state index in [1.807, 2.05) is 49.5 Å². The van der Waals surface area contributed by atoms with E-state index in [2.05, 4.69) is 0 Å². The highest BCUT2D eigenvalue weighted by molar-refractivity contribution is 5.88. The number of hydrogen-bond acceptors (Lipinski definition) is 2. The Kier molecular flexibility index (Phi) is 2.80. The van der Waals surface area contributed by atoms with Gasteiger partial charge in [0, 0.05) is 30.3 Å². The average molecular weight is 251 g/mol. The van der Waals surface area contributed by atoms with Crippen molar-refractivity contribution < 1.29 is 9.53 Å². The smallest absolute Gasteiger partial charge is 0.200 e. The molecule has 0 amide bonds. The van der Waals surface area contributed by atoms with E-state index in [0.29, 0.717) is 11.4 Å². The fourth-order valence-electron chi connectivity index (χ4n) is 2.13. The summed E-state index contributed by atoms with van der Waals surface area (Å²) in [4.78, 5) is 10.8. The van der Waals surface area contributed by atoms with E-state index in [-0.39, 0.29) is 0 Å². The maximum Gasteiger partial charge on any atom is 0.200 e. The summed E-state index contributed by atoms with van der Waals surface area (Å²) in [7, 11) is 1.85. The second-order valence-corrected chi connectivity index (χ2v) is 4.42. The van der Waals surface area contributed by atoms with Gasteiger partial charge in [0.1, 0.15) is 5.75 Å². The summed E-state index contributed by atoms with van der Waals surface area (Å²) in [5.41, 5.74) is 0.609. The van der Waals surface area contributed by atoms with Gasteiger partial charge >= 0.3 is 0 Å². The molecule has 94 valence electrons. The summed E-state index contributed by atoms with van der Waals surface area (Å²) < 4.78 is 7.71. The molecule has 0 atom stereocenters. The van der Waals surface area contributed by atoms with Crippen molar-refractivity contribution in [3.63, 3.8) is 0 Å². The van der Waals surface area contributed by atoms with E-state index in [0.717, 1.165) is 22.8 Å². The second-order valence-electron chi connectivity index (χ2n) is 4.42. The Morgan fingerprint density at radius 2 is 1.89 bits per heavy atom. The van der Waals surface area contributed by atoms with Crippen LogP contribution in [-0.4, -0.2) is 10.9 Å². The van der Waals surface area contributed by atoms with Gasteiger partial charge in [-0.05, 0) is 11.5 Å². The van der Waals surface area contributed by atoms with Crippen LogP contribution in [0.25, 0.3) is 10.8 Å². The van der Waals surface area contributed by atoms with Crippen molar-refractivity contribution in [3.05, 3.63) is 60.3 Å². The van der Waals surface area contributed by atoms with Crippen LogP contribution in [0.3, 0.4) is 0 Å². The Morgan fingerprint density at radius 3 is 2.68 bits per heavy atom. The lowest BCUT2D eigenvalue weighted by molar-refractivity contribution is 0.112. The van der Waals surface area contributed by atoms with Crippen LogP contribution in [-0.2, 0) is 7.05 Å². The van der Waals surface area contributed by atoms with Crippen LogP contribution in [0.4, 0.5) is 0 Å². The van der Waals surface area contributed by atoms with Gasteiger partial charge in [-0.15, -0.1) is 0 Å². The topological polar surface area (TPSA) is 31.2 Å². The van der Waals surface area contributed by atoms with Gasteiger partial charge < -0.3 is 9.30 Å². The molecule has 0 spiro atoms. The van der Waals surface area contributed by atoms with E-state index < -0.39 is 0 Å². The number of benzene rings is 2. The molecular weight excluding hydrogens is 238 g/mol. The Balaban J connectivity index is 2.05. The molecule has 0 saturated carbocycles. The third kappa shape index (κ3) is 2.10. The molecule has 3 heteroatoms. The SMILES string of the molecule is Cn1cc(C=O)cc1Oc1cccc2ccccc12. The molecule has 0 unspecified atom stereocenters. The Labute approximate surface area is 111 Å². The number of rotatable bonds is 3. The molecule has 0 bridgehead atoms. The molecule has 2 aromatic carbocycles. The van der Waals surface area contributed by atoms with Gasteiger partial charge in [-0.2, -0.15) is 0 Å². The first-order valence-corrected chi connectivity index (χ1v) is 6.05. The molecule has 1 aromatic heterocycles. The monoisotopic (exact) mass is 251 g/mol. The molecular formula is C16H13NO2. The minimum absolute atomic E-state index is 0.609. The molecule has 19 heavy (non-hydrogen) atoms. The summed E-state index contributed by atoms with van der Waals surface area (Å²) in [6, 6.07) is 15.7. The van der Waals surface area contributed by atoms with Crippen molar-refractivity contribution in [1.29, 1.82) is 0 Å². The van der Waals surface area contributed by atoms with Crippen LogP contribution in [0.15, 0.2) is 54.7 Å².